The van der Waals surface area contributed by atoms with Gasteiger partial charge in [-0.2, -0.15) is 8.42 Å². The van der Waals surface area contributed by atoms with E-state index in [4.69, 9.17) is 13.3 Å². The van der Waals surface area contributed by atoms with Crippen LogP contribution in [0.1, 0.15) is 38.3 Å². The smallest absolute Gasteiger partial charge is 0.410 e. The number of nitrogens with zero attached hydrogens (tertiary/aromatic N) is 2. The van der Waals surface area contributed by atoms with Crippen LogP contribution < -0.4 is 0 Å². The lowest BCUT2D eigenvalue weighted by molar-refractivity contribution is -0.384. The fraction of sp³-hybridized carbons (Fsp3) is 0.500. The van der Waals surface area contributed by atoms with Crippen LogP contribution in [0.5, 0.6) is 0 Å². The standard InChI is InChI=1S/C26H36N2O8SSi/c1-19-7-13-24(14-8-19)37(32,33)35-18-22-15-23(36-38(5,6)26(2,3)4)16-27(22)25(29)34-17-20-9-11-21(12-10-20)28(30)31/h7-14,22-23H,15-18H2,1-6H3. The van der Waals surface area contributed by atoms with Gasteiger partial charge in [0.2, 0.25) is 0 Å². The Morgan fingerprint density at radius 3 is 2.26 bits per heavy atom. The minimum absolute atomic E-state index is 0.0440. The third-order valence-electron chi connectivity index (χ3n) is 7.11. The van der Waals surface area contributed by atoms with Crippen LogP contribution in [0.15, 0.2) is 53.4 Å². The van der Waals surface area contributed by atoms with Gasteiger partial charge in [0.15, 0.2) is 8.32 Å². The number of rotatable bonds is 9. The summed E-state index contributed by atoms with van der Waals surface area (Å²) in [7, 11) is -6.18. The highest BCUT2D eigenvalue weighted by Crippen LogP contribution is 2.39. The molecule has 1 amide bonds. The molecule has 2 aromatic rings. The van der Waals surface area contributed by atoms with Crippen molar-refractivity contribution in [3.63, 3.8) is 0 Å². The summed E-state index contributed by atoms with van der Waals surface area (Å²) in [5.41, 5.74) is 1.46. The topological polar surface area (TPSA) is 125 Å². The van der Waals surface area contributed by atoms with Crippen LogP contribution in [0.3, 0.4) is 0 Å². The number of ether oxygens (including phenoxy) is 1. The highest BCUT2D eigenvalue weighted by Gasteiger charge is 2.44. The zero-order chi connectivity index (χ0) is 28.3. The fourth-order valence-electron chi connectivity index (χ4n) is 3.82. The Hall–Kier alpha value is -2.80. The lowest BCUT2D eigenvalue weighted by Crippen LogP contribution is -2.45. The van der Waals surface area contributed by atoms with Crippen LogP contribution in [-0.2, 0) is 30.1 Å². The number of hydrogen-bond donors (Lipinski definition) is 0. The number of amides is 1. The van der Waals surface area contributed by atoms with Crippen molar-refractivity contribution in [3.8, 4) is 0 Å². The minimum atomic E-state index is -4.02. The van der Waals surface area contributed by atoms with E-state index in [9.17, 15) is 23.3 Å². The molecule has 2 atom stereocenters. The van der Waals surface area contributed by atoms with E-state index in [0.29, 0.717) is 12.0 Å². The fourth-order valence-corrected chi connectivity index (χ4v) is 6.12. The molecule has 10 nitrogen and oxygen atoms in total. The third kappa shape index (κ3) is 7.40. The number of aryl methyl sites for hydroxylation is 1. The molecule has 1 saturated heterocycles. The third-order valence-corrected chi connectivity index (χ3v) is 12.9. The highest BCUT2D eigenvalue weighted by atomic mass is 32.2. The van der Waals surface area contributed by atoms with Crippen molar-refractivity contribution in [1.82, 2.24) is 4.90 Å². The summed E-state index contributed by atoms with van der Waals surface area (Å²) in [5, 5.41) is 10.8. The molecule has 1 heterocycles. The van der Waals surface area contributed by atoms with Gasteiger partial charge in [-0.1, -0.05) is 38.5 Å². The molecule has 2 aromatic carbocycles. The van der Waals surface area contributed by atoms with Crippen LogP contribution in [0, 0.1) is 17.0 Å². The highest BCUT2D eigenvalue weighted by molar-refractivity contribution is 7.86. The first-order valence-electron chi connectivity index (χ1n) is 12.4. The quantitative estimate of drug-likeness (QED) is 0.171. The van der Waals surface area contributed by atoms with Crippen LogP contribution >= 0.6 is 0 Å². The number of carbonyl (C=O) groups excluding carboxylic acids is 1. The summed E-state index contributed by atoms with van der Waals surface area (Å²) in [4.78, 5) is 25.0. The van der Waals surface area contributed by atoms with Crippen LogP contribution in [0.2, 0.25) is 18.1 Å². The Morgan fingerprint density at radius 1 is 1.11 bits per heavy atom. The van der Waals surface area contributed by atoms with E-state index in [1.54, 1.807) is 12.1 Å². The summed E-state index contributed by atoms with van der Waals surface area (Å²) in [6.45, 7) is 12.4. The molecule has 3 rings (SSSR count). The number of hydrogen-bond acceptors (Lipinski definition) is 8. The maximum absolute atomic E-state index is 13.1. The summed E-state index contributed by atoms with van der Waals surface area (Å²) in [6, 6.07) is 11.5. The molecule has 0 saturated carbocycles. The monoisotopic (exact) mass is 564 g/mol. The second-order valence-electron chi connectivity index (χ2n) is 11.1. The van der Waals surface area contributed by atoms with Crippen molar-refractivity contribution in [3.05, 3.63) is 69.8 Å². The van der Waals surface area contributed by atoms with Gasteiger partial charge in [-0.05, 0) is 61.3 Å². The molecule has 1 fully saturated rings. The van der Waals surface area contributed by atoms with Gasteiger partial charge in [0.25, 0.3) is 15.8 Å². The number of nitro groups is 1. The van der Waals surface area contributed by atoms with Gasteiger partial charge < -0.3 is 14.1 Å². The van der Waals surface area contributed by atoms with Crippen molar-refractivity contribution < 1.29 is 31.5 Å². The van der Waals surface area contributed by atoms with E-state index in [1.807, 2.05) is 6.92 Å². The Kier molecular flexibility index (Phi) is 9.02. The maximum Gasteiger partial charge on any atom is 0.410 e. The molecular weight excluding hydrogens is 528 g/mol. The molecular formula is C26H36N2O8SSi. The average molecular weight is 565 g/mol. The summed E-state index contributed by atoms with van der Waals surface area (Å²) in [6.07, 6.45) is -0.521. The van der Waals surface area contributed by atoms with E-state index in [-0.39, 0.29) is 41.5 Å². The van der Waals surface area contributed by atoms with Gasteiger partial charge >= 0.3 is 6.09 Å². The molecule has 1 aliphatic heterocycles. The normalized spacial score (nSPS) is 18.4. The Balaban J connectivity index is 1.72. The van der Waals surface area contributed by atoms with Gasteiger partial charge in [0.1, 0.15) is 6.61 Å². The first-order chi connectivity index (χ1) is 17.6. The van der Waals surface area contributed by atoms with Crippen LogP contribution in [0.4, 0.5) is 10.5 Å². The van der Waals surface area contributed by atoms with E-state index >= 15 is 0 Å². The average Bonchev–Trinajstić information content (AvgIpc) is 3.23. The van der Waals surface area contributed by atoms with E-state index in [0.717, 1.165) is 5.56 Å². The Labute approximate surface area is 225 Å². The molecule has 38 heavy (non-hydrogen) atoms. The van der Waals surface area contributed by atoms with Crippen molar-refractivity contribution >= 4 is 30.2 Å². The number of nitro benzene ring substituents is 1. The van der Waals surface area contributed by atoms with E-state index < -0.39 is 35.5 Å². The SMILES string of the molecule is Cc1ccc(S(=O)(=O)OCC2CC(O[Si](C)(C)C(C)(C)C)CN2C(=O)OCc2ccc([N+](=O)[O-])cc2)cc1. The van der Waals surface area contributed by atoms with Crippen molar-refractivity contribution in [1.29, 1.82) is 0 Å². The Bertz CT molecular complexity index is 1240. The van der Waals surface area contributed by atoms with Gasteiger partial charge in [-0.25, -0.2) is 4.79 Å². The molecule has 12 heteroatoms. The predicted molar refractivity (Wildman–Crippen MR) is 145 cm³/mol. The molecule has 0 radical (unpaired) electrons. The molecule has 208 valence electrons. The van der Waals surface area contributed by atoms with Gasteiger partial charge in [0.05, 0.1) is 28.6 Å². The van der Waals surface area contributed by atoms with Crippen molar-refractivity contribution in [2.75, 3.05) is 13.2 Å². The second-order valence-corrected chi connectivity index (χ2v) is 17.4. The van der Waals surface area contributed by atoms with Crippen molar-refractivity contribution in [2.45, 2.75) is 75.9 Å². The lowest BCUT2D eigenvalue weighted by atomic mass is 10.2. The Morgan fingerprint density at radius 2 is 1.71 bits per heavy atom. The number of non-ortho nitro benzene ring substituents is 1. The summed E-state index contributed by atoms with van der Waals surface area (Å²) < 4.78 is 42.9. The maximum atomic E-state index is 13.1. The zero-order valence-corrected chi connectivity index (χ0v) is 24.5. The molecule has 1 aliphatic rings. The van der Waals surface area contributed by atoms with E-state index in [1.165, 1.54) is 41.3 Å². The zero-order valence-electron chi connectivity index (χ0n) is 22.7. The molecule has 0 aliphatic carbocycles. The second kappa shape index (κ2) is 11.5. The molecule has 0 aromatic heterocycles. The molecule has 0 spiro atoms. The lowest BCUT2D eigenvalue weighted by Gasteiger charge is -2.38. The van der Waals surface area contributed by atoms with E-state index in [2.05, 4.69) is 33.9 Å². The minimum Gasteiger partial charge on any atom is -0.445 e. The van der Waals surface area contributed by atoms with Gasteiger partial charge in [0, 0.05) is 18.7 Å². The number of benzene rings is 2. The first-order valence-corrected chi connectivity index (χ1v) is 16.7. The van der Waals surface area contributed by atoms with Crippen LogP contribution in [-0.4, -0.2) is 57.9 Å². The molecule has 0 bridgehead atoms. The molecule has 2 unspecified atom stereocenters. The largest absolute Gasteiger partial charge is 0.445 e. The number of likely N-dealkylation sites (tertiary alicyclic amines) is 1. The summed E-state index contributed by atoms with van der Waals surface area (Å²) >= 11 is 0. The van der Waals surface area contributed by atoms with Crippen LogP contribution in [0.25, 0.3) is 0 Å². The predicted octanol–water partition coefficient (Wildman–Crippen LogP) is 5.41. The van der Waals surface area contributed by atoms with Gasteiger partial charge in [-0.15, -0.1) is 0 Å². The first kappa shape index (κ1) is 29.7. The number of carbonyl (C=O) groups is 1. The molecule has 0 N–H and O–H groups in total. The van der Waals surface area contributed by atoms with Gasteiger partial charge in [-0.3, -0.25) is 14.3 Å². The van der Waals surface area contributed by atoms with Crippen molar-refractivity contribution in [2.24, 2.45) is 0 Å². The summed E-state index contributed by atoms with van der Waals surface area (Å²) in [5.74, 6) is 0.